The largest absolute Gasteiger partial charge is 0.382 e. The SMILES string of the molecule is Nc1nc(-c2ccc(F)cc2)cc2nccnc12. The molecule has 5 heteroatoms. The van der Waals surface area contributed by atoms with Crippen molar-refractivity contribution in [1.82, 2.24) is 15.0 Å². The second kappa shape index (κ2) is 4.03. The first-order chi connectivity index (χ1) is 8.74. The van der Waals surface area contributed by atoms with Gasteiger partial charge in [0.05, 0.1) is 11.2 Å². The molecule has 0 bridgehead atoms. The van der Waals surface area contributed by atoms with Crippen LogP contribution in [0.1, 0.15) is 0 Å². The molecule has 0 spiro atoms. The highest BCUT2D eigenvalue weighted by Gasteiger charge is 2.07. The normalized spacial score (nSPS) is 10.7. The standard InChI is InChI=1S/C13H9FN4/c14-9-3-1-8(2-4-9)10-7-11-12(13(15)18-10)17-6-5-16-11/h1-7H,(H2,15,18). The summed E-state index contributed by atoms with van der Waals surface area (Å²) in [5.74, 6) is 0.0345. The predicted molar refractivity (Wildman–Crippen MR) is 67.1 cm³/mol. The molecule has 18 heavy (non-hydrogen) atoms. The maximum absolute atomic E-state index is 12.9. The number of anilines is 1. The third-order valence-corrected chi connectivity index (χ3v) is 2.62. The summed E-state index contributed by atoms with van der Waals surface area (Å²) in [6, 6.07) is 7.85. The molecule has 0 aliphatic rings. The van der Waals surface area contributed by atoms with Crippen LogP contribution in [0.15, 0.2) is 42.7 Å². The quantitative estimate of drug-likeness (QED) is 0.709. The lowest BCUT2D eigenvalue weighted by atomic mass is 10.1. The first-order valence-corrected chi connectivity index (χ1v) is 5.37. The lowest BCUT2D eigenvalue weighted by Gasteiger charge is -2.04. The number of nitrogen functional groups attached to an aromatic ring is 1. The van der Waals surface area contributed by atoms with Crippen LogP contribution in [0.25, 0.3) is 22.3 Å². The Kier molecular flexibility index (Phi) is 2.37. The number of benzene rings is 1. The van der Waals surface area contributed by atoms with Crippen molar-refractivity contribution < 1.29 is 4.39 Å². The summed E-state index contributed by atoms with van der Waals surface area (Å²) in [6.45, 7) is 0. The van der Waals surface area contributed by atoms with E-state index < -0.39 is 0 Å². The van der Waals surface area contributed by atoms with E-state index in [1.54, 1.807) is 30.6 Å². The zero-order valence-electron chi connectivity index (χ0n) is 9.34. The number of halogens is 1. The third-order valence-electron chi connectivity index (χ3n) is 2.62. The first-order valence-electron chi connectivity index (χ1n) is 5.37. The fraction of sp³-hybridized carbons (Fsp3) is 0. The number of nitrogens with zero attached hydrogens (tertiary/aromatic N) is 3. The third kappa shape index (κ3) is 1.75. The average Bonchev–Trinajstić information content (AvgIpc) is 2.39. The van der Waals surface area contributed by atoms with Crippen molar-refractivity contribution in [1.29, 1.82) is 0 Å². The molecule has 2 heterocycles. The van der Waals surface area contributed by atoms with Crippen molar-refractivity contribution in [3.8, 4) is 11.3 Å². The van der Waals surface area contributed by atoms with Crippen LogP contribution in [-0.2, 0) is 0 Å². The van der Waals surface area contributed by atoms with Crippen LogP contribution < -0.4 is 5.73 Å². The Morgan fingerprint density at radius 3 is 2.50 bits per heavy atom. The van der Waals surface area contributed by atoms with E-state index in [2.05, 4.69) is 15.0 Å². The summed E-state index contributed by atoms with van der Waals surface area (Å²) in [4.78, 5) is 12.6. The molecule has 0 aliphatic carbocycles. The molecule has 0 saturated heterocycles. The summed E-state index contributed by atoms with van der Waals surface area (Å²) >= 11 is 0. The van der Waals surface area contributed by atoms with Gasteiger partial charge >= 0.3 is 0 Å². The number of nitrogens with two attached hydrogens (primary N) is 1. The van der Waals surface area contributed by atoms with E-state index in [1.165, 1.54) is 12.1 Å². The van der Waals surface area contributed by atoms with Crippen LogP contribution in [0.2, 0.25) is 0 Å². The van der Waals surface area contributed by atoms with Crippen molar-refractivity contribution in [2.24, 2.45) is 0 Å². The molecule has 2 N–H and O–H groups in total. The average molecular weight is 240 g/mol. The molecule has 4 nitrogen and oxygen atoms in total. The Bertz CT molecular complexity index is 710. The molecule has 0 atom stereocenters. The maximum Gasteiger partial charge on any atom is 0.152 e. The van der Waals surface area contributed by atoms with Gasteiger partial charge in [0.1, 0.15) is 11.3 Å². The van der Waals surface area contributed by atoms with Gasteiger partial charge < -0.3 is 5.73 Å². The highest BCUT2D eigenvalue weighted by molar-refractivity contribution is 5.87. The molecule has 0 saturated carbocycles. The van der Waals surface area contributed by atoms with E-state index in [9.17, 15) is 4.39 Å². The van der Waals surface area contributed by atoms with Crippen molar-refractivity contribution in [2.75, 3.05) is 5.73 Å². The number of fused-ring (bicyclic) bond motifs is 1. The first kappa shape index (κ1) is 10.6. The molecule has 0 unspecified atom stereocenters. The minimum absolute atomic E-state index is 0.285. The molecule has 3 aromatic rings. The topological polar surface area (TPSA) is 64.7 Å². The summed E-state index contributed by atoms with van der Waals surface area (Å²) in [5.41, 5.74) is 8.52. The predicted octanol–water partition coefficient (Wildman–Crippen LogP) is 2.41. The van der Waals surface area contributed by atoms with E-state index in [-0.39, 0.29) is 5.82 Å². The van der Waals surface area contributed by atoms with E-state index in [4.69, 9.17) is 5.73 Å². The second-order valence-corrected chi connectivity index (χ2v) is 3.82. The maximum atomic E-state index is 12.9. The molecule has 2 aromatic heterocycles. The Morgan fingerprint density at radius 2 is 1.72 bits per heavy atom. The van der Waals surface area contributed by atoms with Gasteiger partial charge in [-0.15, -0.1) is 0 Å². The molecule has 3 rings (SSSR count). The van der Waals surface area contributed by atoms with Gasteiger partial charge in [-0.2, -0.15) is 0 Å². The summed E-state index contributed by atoms with van der Waals surface area (Å²) in [6.07, 6.45) is 3.16. The van der Waals surface area contributed by atoms with E-state index in [0.29, 0.717) is 22.5 Å². The van der Waals surface area contributed by atoms with Crippen molar-refractivity contribution >= 4 is 16.9 Å². The highest BCUT2D eigenvalue weighted by atomic mass is 19.1. The van der Waals surface area contributed by atoms with Crippen molar-refractivity contribution in [3.63, 3.8) is 0 Å². The van der Waals surface area contributed by atoms with Crippen LogP contribution in [0, 0.1) is 5.82 Å². The second-order valence-electron chi connectivity index (χ2n) is 3.82. The van der Waals surface area contributed by atoms with Gasteiger partial charge in [-0.1, -0.05) is 0 Å². The lowest BCUT2D eigenvalue weighted by molar-refractivity contribution is 0.628. The fourth-order valence-corrected chi connectivity index (χ4v) is 1.76. The summed E-state index contributed by atoms with van der Waals surface area (Å²) in [7, 11) is 0. The lowest BCUT2D eigenvalue weighted by Crippen LogP contribution is -1.97. The van der Waals surface area contributed by atoms with Gasteiger partial charge in [0.15, 0.2) is 5.82 Å². The Balaban J connectivity index is 2.21. The zero-order chi connectivity index (χ0) is 12.5. The molecule has 0 fully saturated rings. The molecule has 88 valence electrons. The highest BCUT2D eigenvalue weighted by Crippen LogP contribution is 2.23. The van der Waals surface area contributed by atoms with Gasteiger partial charge in [-0.05, 0) is 30.3 Å². The Labute approximate surface area is 102 Å². The van der Waals surface area contributed by atoms with E-state index >= 15 is 0 Å². The van der Waals surface area contributed by atoms with Crippen molar-refractivity contribution in [3.05, 3.63) is 48.5 Å². The smallest absolute Gasteiger partial charge is 0.152 e. The van der Waals surface area contributed by atoms with Crippen LogP contribution >= 0.6 is 0 Å². The molecule has 1 aromatic carbocycles. The van der Waals surface area contributed by atoms with E-state index in [1.807, 2.05) is 0 Å². The molecule has 0 amide bonds. The number of hydrogen-bond donors (Lipinski definition) is 1. The summed E-state index contributed by atoms with van der Waals surface area (Å²) in [5, 5.41) is 0. The Hall–Kier alpha value is -2.56. The monoisotopic (exact) mass is 240 g/mol. The minimum Gasteiger partial charge on any atom is -0.382 e. The minimum atomic E-state index is -0.285. The number of hydrogen-bond acceptors (Lipinski definition) is 4. The molecular formula is C13H9FN4. The van der Waals surface area contributed by atoms with Crippen LogP contribution in [-0.4, -0.2) is 15.0 Å². The Morgan fingerprint density at radius 1 is 1.00 bits per heavy atom. The van der Waals surface area contributed by atoms with Crippen LogP contribution in [0.5, 0.6) is 0 Å². The molecular weight excluding hydrogens is 231 g/mol. The van der Waals surface area contributed by atoms with Gasteiger partial charge in [0.2, 0.25) is 0 Å². The van der Waals surface area contributed by atoms with Gasteiger partial charge in [-0.25, -0.2) is 14.4 Å². The van der Waals surface area contributed by atoms with Gasteiger partial charge in [0, 0.05) is 18.0 Å². The molecule has 0 aliphatic heterocycles. The summed E-state index contributed by atoms with van der Waals surface area (Å²) < 4.78 is 12.9. The zero-order valence-corrected chi connectivity index (χ0v) is 9.34. The van der Waals surface area contributed by atoms with Crippen LogP contribution in [0.4, 0.5) is 10.2 Å². The molecule has 0 radical (unpaired) electrons. The van der Waals surface area contributed by atoms with Gasteiger partial charge in [0.25, 0.3) is 0 Å². The van der Waals surface area contributed by atoms with Gasteiger partial charge in [-0.3, -0.25) is 4.98 Å². The van der Waals surface area contributed by atoms with Crippen LogP contribution in [0.3, 0.4) is 0 Å². The number of pyridine rings is 1. The number of rotatable bonds is 1. The van der Waals surface area contributed by atoms with Crippen molar-refractivity contribution in [2.45, 2.75) is 0 Å². The van der Waals surface area contributed by atoms with E-state index in [0.717, 1.165) is 5.56 Å². The number of aromatic nitrogens is 3. The fourth-order valence-electron chi connectivity index (χ4n) is 1.76.